The van der Waals surface area contributed by atoms with Crippen molar-refractivity contribution in [2.45, 2.75) is 23.1 Å². The topological polar surface area (TPSA) is 12.0 Å². The molecule has 0 aromatic heterocycles. The minimum atomic E-state index is 1.03. The van der Waals surface area contributed by atoms with Gasteiger partial charge in [0, 0.05) is 32.6 Å². The van der Waals surface area contributed by atoms with Crippen LogP contribution in [-0.2, 0) is 6.42 Å². The van der Waals surface area contributed by atoms with Crippen LogP contribution in [0.15, 0.2) is 52.3 Å². The molecular formula is C19H21NS2. The van der Waals surface area contributed by atoms with Gasteiger partial charge in [-0.05, 0) is 48.9 Å². The van der Waals surface area contributed by atoms with Crippen LogP contribution < -0.4 is 5.32 Å². The van der Waals surface area contributed by atoms with Crippen molar-refractivity contribution in [1.29, 1.82) is 0 Å². The molecule has 0 fully saturated rings. The number of hydrogen-bond donors (Lipinski definition) is 1. The maximum atomic E-state index is 3.24. The van der Waals surface area contributed by atoms with Crippen molar-refractivity contribution in [2.24, 2.45) is 0 Å². The van der Waals surface area contributed by atoms with Crippen LogP contribution in [0.25, 0.3) is 11.0 Å². The molecule has 22 heavy (non-hydrogen) atoms. The van der Waals surface area contributed by atoms with Crippen LogP contribution in [0.2, 0.25) is 0 Å². The highest BCUT2D eigenvalue weighted by atomic mass is 32.2. The first-order valence-corrected chi connectivity index (χ1v) is 9.51. The van der Waals surface area contributed by atoms with E-state index in [1.165, 1.54) is 31.4 Å². The number of rotatable bonds is 5. The molecule has 1 nitrogen and oxygen atoms in total. The zero-order chi connectivity index (χ0) is 15.4. The minimum absolute atomic E-state index is 1.03. The Morgan fingerprint density at radius 1 is 1.09 bits per heavy atom. The van der Waals surface area contributed by atoms with E-state index >= 15 is 0 Å². The second-order valence-electron chi connectivity index (χ2n) is 5.28. The zero-order valence-electron chi connectivity index (χ0n) is 13.1. The van der Waals surface area contributed by atoms with Crippen LogP contribution in [-0.4, -0.2) is 19.3 Å². The zero-order valence-corrected chi connectivity index (χ0v) is 14.7. The van der Waals surface area contributed by atoms with Crippen LogP contribution in [0.1, 0.15) is 23.6 Å². The number of aryl methyl sites for hydroxylation is 1. The maximum absolute atomic E-state index is 3.24. The largest absolute Gasteiger partial charge is 0.319 e. The van der Waals surface area contributed by atoms with Gasteiger partial charge in [-0.15, -0.1) is 11.8 Å². The van der Waals surface area contributed by atoms with Crippen molar-refractivity contribution >= 4 is 34.5 Å². The van der Waals surface area contributed by atoms with E-state index in [1.807, 2.05) is 30.6 Å². The lowest BCUT2D eigenvalue weighted by atomic mass is 10.1. The molecule has 0 amide bonds. The van der Waals surface area contributed by atoms with E-state index < -0.39 is 0 Å². The standard InChI is InChI=1S/C19H21NS2/c1-3-14-8-9-18-16(12-14)19(21-11-10-20-2)13-15-6-4-5-7-17(15)22-18/h4-9,12-13,20H,3,10-11H2,1-2H3. The van der Waals surface area contributed by atoms with E-state index in [0.717, 1.165) is 18.7 Å². The lowest BCUT2D eigenvalue weighted by Gasteiger charge is -2.12. The normalized spacial score (nSPS) is 13.1. The molecule has 114 valence electrons. The molecule has 0 bridgehead atoms. The van der Waals surface area contributed by atoms with Gasteiger partial charge < -0.3 is 5.32 Å². The Morgan fingerprint density at radius 3 is 2.77 bits per heavy atom. The van der Waals surface area contributed by atoms with E-state index in [-0.39, 0.29) is 0 Å². The van der Waals surface area contributed by atoms with Gasteiger partial charge in [0.15, 0.2) is 0 Å². The molecule has 3 heteroatoms. The van der Waals surface area contributed by atoms with E-state index in [1.54, 1.807) is 0 Å². The average Bonchev–Trinajstić information content (AvgIpc) is 2.71. The van der Waals surface area contributed by atoms with Crippen molar-refractivity contribution < 1.29 is 0 Å². The predicted octanol–water partition coefficient (Wildman–Crippen LogP) is 5.16. The Balaban J connectivity index is 2.05. The van der Waals surface area contributed by atoms with Crippen molar-refractivity contribution in [2.75, 3.05) is 19.3 Å². The Labute approximate surface area is 141 Å². The van der Waals surface area contributed by atoms with Gasteiger partial charge >= 0.3 is 0 Å². The lowest BCUT2D eigenvalue weighted by molar-refractivity contribution is 0.873. The van der Waals surface area contributed by atoms with Gasteiger partial charge in [0.1, 0.15) is 0 Å². The van der Waals surface area contributed by atoms with Gasteiger partial charge in [0.05, 0.1) is 0 Å². The lowest BCUT2D eigenvalue weighted by Crippen LogP contribution is -2.09. The fourth-order valence-corrected chi connectivity index (χ4v) is 4.66. The van der Waals surface area contributed by atoms with Crippen molar-refractivity contribution in [3.8, 4) is 0 Å². The molecule has 0 atom stereocenters. The first-order valence-electron chi connectivity index (χ1n) is 7.71. The van der Waals surface area contributed by atoms with Crippen LogP contribution in [0.5, 0.6) is 0 Å². The Kier molecular flexibility index (Phi) is 5.29. The van der Waals surface area contributed by atoms with Gasteiger partial charge in [-0.1, -0.05) is 43.0 Å². The number of benzene rings is 2. The smallest absolute Gasteiger partial charge is 0.0206 e. The van der Waals surface area contributed by atoms with Gasteiger partial charge in [-0.25, -0.2) is 0 Å². The summed E-state index contributed by atoms with van der Waals surface area (Å²) in [5.74, 6) is 1.09. The molecule has 1 heterocycles. The van der Waals surface area contributed by atoms with Gasteiger partial charge in [-0.3, -0.25) is 0 Å². The number of hydrogen-bond acceptors (Lipinski definition) is 3. The summed E-state index contributed by atoms with van der Waals surface area (Å²) < 4.78 is 0. The van der Waals surface area contributed by atoms with E-state index in [9.17, 15) is 0 Å². The molecule has 1 N–H and O–H groups in total. The number of thioether (sulfide) groups is 1. The summed E-state index contributed by atoms with van der Waals surface area (Å²) in [6, 6.07) is 15.6. The number of nitrogens with one attached hydrogen (secondary N) is 1. The predicted molar refractivity (Wildman–Crippen MR) is 101 cm³/mol. The summed E-state index contributed by atoms with van der Waals surface area (Å²) in [5.41, 5.74) is 4.13. The van der Waals surface area contributed by atoms with Gasteiger partial charge in [-0.2, -0.15) is 0 Å². The van der Waals surface area contributed by atoms with Crippen LogP contribution >= 0.6 is 23.5 Å². The quantitative estimate of drug-likeness (QED) is 0.761. The second kappa shape index (κ2) is 7.40. The maximum Gasteiger partial charge on any atom is 0.0206 e. The molecule has 3 rings (SSSR count). The Morgan fingerprint density at radius 2 is 1.95 bits per heavy atom. The van der Waals surface area contributed by atoms with Crippen molar-refractivity contribution in [3.05, 3.63) is 59.2 Å². The molecule has 0 aliphatic carbocycles. The molecule has 2 aromatic rings. The summed E-state index contributed by atoms with van der Waals surface area (Å²) in [6.07, 6.45) is 3.44. The second-order valence-corrected chi connectivity index (χ2v) is 7.51. The third kappa shape index (κ3) is 3.43. The fraction of sp³-hybridized carbons (Fsp3) is 0.263. The Hall–Kier alpha value is -1.16. The third-order valence-electron chi connectivity index (χ3n) is 3.75. The summed E-state index contributed by atoms with van der Waals surface area (Å²) in [7, 11) is 2.01. The highest BCUT2D eigenvalue weighted by Gasteiger charge is 2.16. The first-order chi connectivity index (χ1) is 10.8. The summed E-state index contributed by atoms with van der Waals surface area (Å²) >= 11 is 3.83. The molecule has 0 spiro atoms. The molecule has 2 aromatic carbocycles. The molecule has 1 aliphatic heterocycles. The number of fused-ring (bicyclic) bond motifs is 2. The molecule has 0 unspecified atom stereocenters. The van der Waals surface area contributed by atoms with Crippen LogP contribution in [0.4, 0.5) is 0 Å². The summed E-state index contributed by atoms with van der Waals surface area (Å²) in [6.45, 7) is 3.25. The summed E-state index contributed by atoms with van der Waals surface area (Å²) in [4.78, 5) is 4.10. The molecule has 0 radical (unpaired) electrons. The average molecular weight is 328 g/mol. The fourth-order valence-electron chi connectivity index (χ4n) is 2.49. The van der Waals surface area contributed by atoms with Crippen LogP contribution in [0, 0.1) is 0 Å². The molecule has 1 aliphatic rings. The van der Waals surface area contributed by atoms with E-state index in [2.05, 4.69) is 60.8 Å². The molecule has 0 saturated heterocycles. The van der Waals surface area contributed by atoms with Gasteiger partial charge in [0.25, 0.3) is 0 Å². The Bertz CT molecular complexity index is 692. The van der Waals surface area contributed by atoms with E-state index in [4.69, 9.17) is 0 Å². The highest BCUT2D eigenvalue weighted by Crippen LogP contribution is 2.44. The van der Waals surface area contributed by atoms with Crippen LogP contribution in [0.3, 0.4) is 0 Å². The third-order valence-corrected chi connectivity index (χ3v) is 5.98. The SMILES string of the molecule is CCc1ccc2c(c1)C(SCCNC)=Cc1ccccc1S2. The van der Waals surface area contributed by atoms with Crippen molar-refractivity contribution in [1.82, 2.24) is 5.32 Å². The first kappa shape index (κ1) is 15.7. The highest BCUT2D eigenvalue weighted by molar-refractivity contribution is 8.08. The monoisotopic (exact) mass is 327 g/mol. The van der Waals surface area contributed by atoms with Gasteiger partial charge in [0.2, 0.25) is 0 Å². The molecular weight excluding hydrogens is 306 g/mol. The molecule has 0 saturated carbocycles. The van der Waals surface area contributed by atoms with E-state index in [0.29, 0.717) is 0 Å². The van der Waals surface area contributed by atoms with Crippen molar-refractivity contribution in [3.63, 3.8) is 0 Å². The summed E-state index contributed by atoms with van der Waals surface area (Å²) in [5, 5.41) is 3.24. The minimum Gasteiger partial charge on any atom is -0.319 e.